The molecule has 4 nitrogen and oxygen atoms in total. The summed E-state index contributed by atoms with van der Waals surface area (Å²) in [7, 11) is 0. The van der Waals surface area contributed by atoms with E-state index in [1.54, 1.807) is 0 Å². The molecule has 0 fully saturated rings. The third-order valence-electron chi connectivity index (χ3n) is 1.04. The van der Waals surface area contributed by atoms with Gasteiger partial charge in [0.05, 0.1) is 10.5 Å². The zero-order chi connectivity index (χ0) is 8.27. The Bertz CT molecular complexity index is 332. The van der Waals surface area contributed by atoms with Gasteiger partial charge in [-0.2, -0.15) is 5.26 Å². The van der Waals surface area contributed by atoms with Crippen molar-refractivity contribution in [2.75, 3.05) is 0 Å². The van der Waals surface area contributed by atoms with Crippen LogP contribution in [0.2, 0.25) is 0 Å². The second-order valence-corrected chi connectivity index (χ2v) is 2.74. The van der Waals surface area contributed by atoms with E-state index in [1.807, 2.05) is 6.07 Å². The highest BCUT2D eigenvalue weighted by Crippen LogP contribution is 2.04. The van der Waals surface area contributed by atoms with Crippen LogP contribution in [0.4, 0.5) is 0 Å². The summed E-state index contributed by atoms with van der Waals surface area (Å²) in [6.07, 6.45) is 2.58. The molecule has 1 heterocycles. The predicted octanol–water partition coefficient (Wildman–Crippen LogP) is 0.534. The zero-order valence-electron chi connectivity index (χ0n) is 5.39. The van der Waals surface area contributed by atoms with Gasteiger partial charge in [0.1, 0.15) is 6.07 Å². The number of nitriles is 1. The smallest absolute Gasteiger partial charge is 0.188 e. The Morgan fingerprint density at radius 1 is 1.64 bits per heavy atom. The fraction of sp³-hybridized carbons (Fsp3) is 0. The highest BCUT2D eigenvalue weighted by Gasteiger charge is 2.00. The molecule has 1 atom stereocenters. The molecule has 0 aliphatic heterocycles. The Morgan fingerprint density at radius 2 is 2.36 bits per heavy atom. The highest BCUT2D eigenvalue weighted by molar-refractivity contribution is 7.79. The van der Waals surface area contributed by atoms with Gasteiger partial charge >= 0.3 is 0 Å². The lowest BCUT2D eigenvalue weighted by molar-refractivity contribution is 0.564. The number of nitrogens with zero attached hydrogens (tertiary/aromatic N) is 2. The molecule has 5 heteroatoms. The molecular formula is C6H4N2O2S. The van der Waals surface area contributed by atoms with Crippen molar-refractivity contribution in [3.8, 4) is 6.07 Å². The molecular weight excluding hydrogens is 164 g/mol. The van der Waals surface area contributed by atoms with Crippen LogP contribution in [0, 0.1) is 11.3 Å². The van der Waals surface area contributed by atoms with Crippen LogP contribution >= 0.6 is 0 Å². The lowest BCUT2D eigenvalue weighted by atomic mass is 10.3. The molecule has 1 aromatic heterocycles. The molecule has 56 valence electrons. The topological polar surface area (TPSA) is 74.0 Å². The van der Waals surface area contributed by atoms with E-state index in [-0.39, 0.29) is 10.5 Å². The standard InChI is InChI=1S/C6H4N2O2S/c7-2-5-1-6(11(9)10)4-8-3-5/h1,3-4H,(H,9,10). The van der Waals surface area contributed by atoms with Gasteiger partial charge in [-0.3, -0.25) is 4.98 Å². The molecule has 1 aromatic rings. The molecule has 0 bridgehead atoms. The first kappa shape index (κ1) is 7.85. The number of rotatable bonds is 1. The van der Waals surface area contributed by atoms with E-state index in [1.165, 1.54) is 18.5 Å². The van der Waals surface area contributed by atoms with Crippen molar-refractivity contribution < 1.29 is 8.76 Å². The van der Waals surface area contributed by atoms with E-state index in [9.17, 15) is 4.21 Å². The first-order valence-electron chi connectivity index (χ1n) is 2.70. The minimum absolute atomic E-state index is 0.143. The molecule has 0 aliphatic rings. The monoisotopic (exact) mass is 168 g/mol. The molecule has 11 heavy (non-hydrogen) atoms. The Hall–Kier alpha value is -1.25. The summed E-state index contributed by atoms with van der Waals surface area (Å²) >= 11 is -2.05. The van der Waals surface area contributed by atoms with Crippen molar-refractivity contribution in [2.24, 2.45) is 0 Å². The van der Waals surface area contributed by atoms with E-state index in [0.717, 1.165) is 0 Å². The molecule has 0 aromatic carbocycles. The first-order chi connectivity index (χ1) is 5.24. The Kier molecular flexibility index (Phi) is 2.31. The van der Waals surface area contributed by atoms with E-state index < -0.39 is 11.1 Å². The number of aromatic nitrogens is 1. The molecule has 1 N–H and O–H groups in total. The lowest BCUT2D eigenvalue weighted by Gasteiger charge is -1.92. The normalized spacial score (nSPS) is 12.0. The molecule has 0 saturated carbocycles. The van der Waals surface area contributed by atoms with Crippen molar-refractivity contribution in [2.45, 2.75) is 4.90 Å². The molecule has 0 radical (unpaired) electrons. The van der Waals surface area contributed by atoms with Gasteiger partial charge in [0.2, 0.25) is 0 Å². The summed E-state index contributed by atoms with van der Waals surface area (Å²) in [5.74, 6) is 0. The fourth-order valence-corrected chi connectivity index (χ4v) is 0.954. The summed E-state index contributed by atoms with van der Waals surface area (Å²) < 4.78 is 19.0. The van der Waals surface area contributed by atoms with Crippen LogP contribution in [0.3, 0.4) is 0 Å². The number of hydrogen-bond donors (Lipinski definition) is 1. The predicted molar refractivity (Wildman–Crippen MR) is 38.0 cm³/mol. The van der Waals surface area contributed by atoms with E-state index >= 15 is 0 Å². The van der Waals surface area contributed by atoms with Crippen LogP contribution in [-0.2, 0) is 11.1 Å². The van der Waals surface area contributed by atoms with Crippen LogP contribution < -0.4 is 0 Å². The third-order valence-corrected chi connectivity index (χ3v) is 1.67. The van der Waals surface area contributed by atoms with E-state index in [2.05, 4.69) is 4.98 Å². The van der Waals surface area contributed by atoms with Crippen molar-refractivity contribution in [1.82, 2.24) is 4.98 Å². The van der Waals surface area contributed by atoms with Crippen LogP contribution in [-0.4, -0.2) is 13.7 Å². The fourth-order valence-electron chi connectivity index (χ4n) is 0.575. The summed E-state index contributed by atoms with van der Waals surface area (Å²) in [5.41, 5.74) is 0.282. The van der Waals surface area contributed by atoms with Crippen molar-refractivity contribution in [3.05, 3.63) is 24.0 Å². The largest absolute Gasteiger partial charge is 0.302 e. The van der Waals surface area contributed by atoms with Crippen LogP contribution in [0.5, 0.6) is 0 Å². The van der Waals surface area contributed by atoms with Crippen LogP contribution in [0.25, 0.3) is 0 Å². The molecule has 0 amide bonds. The Balaban J connectivity index is 3.13. The maximum Gasteiger partial charge on any atom is 0.188 e. The summed E-state index contributed by atoms with van der Waals surface area (Å²) in [6.45, 7) is 0. The minimum atomic E-state index is -2.05. The Morgan fingerprint density at radius 3 is 2.91 bits per heavy atom. The van der Waals surface area contributed by atoms with Crippen molar-refractivity contribution in [3.63, 3.8) is 0 Å². The molecule has 0 saturated heterocycles. The first-order valence-corrected chi connectivity index (χ1v) is 3.80. The maximum absolute atomic E-state index is 10.4. The van der Waals surface area contributed by atoms with Gasteiger partial charge in [0, 0.05) is 12.4 Å². The van der Waals surface area contributed by atoms with Crippen LogP contribution in [0.1, 0.15) is 5.56 Å². The van der Waals surface area contributed by atoms with Gasteiger partial charge in [-0.1, -0.05) is 0 Å². The summed E-state index contributed by atoms with van der Waals surface area (Å²) in [4.78, 5) is 3.74. The summed E-state index contributed by atoms with van der Waals surface area (Å²) in [5, 5.41) is 8.37. The van der Waals surface area contributed by atoms with Gasteiger partial charge in [0.25, 0.3) is 0 Å². The second kappa shape index (κ2) is 3.23. The van der Waals surface area contributed by atoms with Crippen molar-refractivity contribution in [1.29, 1.82) is 5.26 Å². The highest BCUT2D eigenvalue weighted by atomic mass is 32.2. The molecule has 1 unspecified atom stereocenters. The number of hydrogen-bond acceptors (Lipinski definition) is 3. The van der Waals surface area contributed by atoms with Gasteiger partial charge in [-0.25, -0.2) is 4.21 Å². The average molecular weight is 168 g/mol. The summed E-state index contributed by atoms with van der Waals surface area (Å²) in [6, 6.07) is 3.14. The molecule has 0 aliphatic carbocycles. The SMILES string of the molecule is N#Cc1cncc(S(=O)O)c1. The zero-order valence-corrected chi connectivity index (χ0v) is 6.21. The second-order valence-electron chi connectivity index (χ2n) is 1.77. The van der Waals surface area contributed by atoms with Crippen molar-refractivity contribution >= 4 is 11.1 Å². The van der Waals surface area contributed by atoms with Gasteiger partial charge < -0.3 is 4.55 Å². The third kappa shape index (κ3) is 1.83. The van der Waals surface area contributed by atoms with E-state index in [0.29, 0.717) is 0 Å². The Labute approximate surface area is 65.8 Å². The van der Waals surface area contributed by atoms with Crippen LogP contribution in [0.15, 0.2) is 23.4 Å². The van der Waals surface area contributed by atoms with Gasteiger partial charge in [0.15, 0.2) is 11.1 Å². The number of pyridine rings is 1. The molecule has 0 spiro atoms. The van der Waals surface area contributed by atoms with E-state index in [4.69, 9.17) is 9.81 Å². The van der Waals surface area contributed by atoms with Gasteiger partial charge in [-0.15, -0.1) is 0 Å². The average Bonchev–Trinajstić information content (AvgIpc) is 2.05. The maximum atomic E-state index is 10.4. The quantitative estimate of drug-likeness (QED) is 0.621. The lowest BCUT2D eigenvalue weighted by Crippen LogP contribution is -1.90. The van der Waals surface area contributed by atoms with Gasteiger partial charge in [-0.05, 0) is 6.07 Å². The molecule has 1 rings (SSSR count). The minimum Gasteiger partial charge on any atom is -0.302 e.